The molecule has 2 aromatic heterocycles. The first-order chi connectivity index (χ1) is 7.84. The van der Waals surface area contributed by atoms with Gasteiger partial charge in [0.1, 0.15) is 5.01 Å². The summed E-state index contributed by atoms with van der Waals surface area (Å²) < 4.78 is 7.31. The molecule has 1 N–H and O–H groups in total. The van der Waals surface area contributed by atoms with Crippen LogP contribution < -0.4 is 5.32 Å². The van der Waals surface area contributed by atoms with Gasteiger partial charge in [0.15, 0.2) is 5.82 Å². The number of aryl methyl sites for hydroxylation is 1. The highest BCUT2D eigenvalue weighted by Gasteiger charge is 2.19. The van der Waals surface area contributed by atoms with Crippen LogP contribution in [0, 0.1) is 6.92 Å². The summed E-state index contributed by atoms with van der Waals surface area (Å²) >= 11 is 1.57. The van der Waals surface area contributed by atoms with Crippen LogP contribution in [0.15, 0.2) is 0 Å². The molecule has 0 amide bonds. The summed E-state index contributed by atoms with van der Waals surface area (Å²) in [5, 5.41) is 17.0. The lowest BCUT2D eigenvalue weighted by molar-refractivity contribution is 0.131. The largest absolute Gasteiger partial charge is 0.379 e. The highest BCUT2D eigenvalue weighted by molar-refractivity contribution is 7.16. The SMILES string of the molecule is Cc1nnc2sc(C3COCCCN3)nn12. The molecule has 3 rings (SSSR count). The average Bonchev–Trinajstić information content (AvgIpc) is 2.72. The van der Waals surface area contributed by atoms with E-state index >= 15 is 0 Å². The summed E-state index contributed by atoms with van der Waals surface area (Å²) in [4.78, 5) is 0.846. The van der Waals surface area contributed by atoms with Crippen LogP contribution in [0.4, 0.5) is 0 Å². The van der Waals surface area contributed by atoms with Crippen molar-refractivity contribution in [3.63, 3.8) is 0 Å². The molecule has 0 aliphatic carbocycles. The van der Waals surface area contributed by atoms with Crippen LogP contribution in [-0.2, 0) is 4.74 Å². The van der Waals surface area contributed by atoms with Gasteiger partial charge in [-0.15, -0.1) is 10.2 Å². The van der Waals surface area contributed by atoms with E-state index in [1.165, 1.54) is 0 Å². The Labute approximate surface area is 96.6 Å². The van der Waals surface area contributed by atoms with Crippen molar-refractivity contribution in [3.05, 3.63) is 10.8 Å². The van der Waals surface area contributed by atoms with Crippen molar-refractivity contribution in [2.75, 3.05) is 19.8 Å². The molecule has 0 bridgehead atoms. The third-order valence-corrected chi connectivity index (χ3v) is 3.61. The summed E-state index contributed by atoms with van der Waals surface area (Å²) in [7, 11) is 0. The molecular formula is C9H13N5OS. The lowest BCUT2D eigenvalue weighted by Gasteiger charge is -2.10. The van der Waals surface area contributed by atoms with E-state index in [0.29, 0.717) is 6.61 Å². The molecule has 1 atom stereocenters. The van der Waals surface area contributed by atoms with Gasteiger partial charge in [-0.25, -0.2) is 0 Å². The zero-order chi connectivity index (χ0) is 11.0. The molecule has 1 unspecified atom stereocenters. The molecule has 1 aliphatic heterocycles. The molecule has 2 aromatic rings. The maximum absolute atomic E-state index is 5.52. The monoisotopic (exact) mass is 239 g/mol. The highest BCUT2D eigenvalue weighted by Crippen LogP contribution is 2.21. The second kappa shape index (κ2) is 4.08. The van der Waals surface area contributed by atoms with Crippen molar-refractivity contribution in [1.29, 1.82) is 0 Å². The van der Waals surface area contributed by atoms with E-state index in [1.807, 2.05) is 6.92 Å². The van der Waals surface area contributed by atoms with Crippen LogP contribution in [-0.4, -0.2) is 39.6 Å². The number of nitrogens with zero attached hydrogens (tertiary/aromatic N) is 4. The van der Waals surface area contributed by atoms with Gasteiger partial charge in [0.2, 0.25) is 4.96 Å². The van der Waals surface area contributed by atoms with Crippen LogP contribution in [0.3, 0.4) is 0 Å². The van der Waals surface area contributed by atoms with Crippen molar-refractivity contribution in [3.8, 4) is 0 Å². The molecule has 0 spiro atoms. The molecule has 1 aliphatic rings. The molecule has 0 saturated carbocycles. The third-order valence-electron chi connectivity index (χ3n) is 2.60. The topological polar surface area (TPSA) is 64.3 Å². The Balaban J connectivity index is 1.92. The summed E-state index contributed by atoms with van der Waals surface area (Å²) in [6.45, 7) is 4.39. The van der Waals surface area contributed by atoms with E-state index in [-0.39, 0.29) is 6.04 Å². The summed E-state index contributed by atoms with van der Waals surface area (Å²) in [6, 6.07) is 0.189. The van der Waals surface area contributed by atoms with Gasteiger partial charge in [0.05, 0.1) is 12.6 Å². The van der Waals surface area contributed by atoms with Crippen LogP contribution in [0.5, 0.6) is 0 Å². The predicted octanol–water partition coefficient (Wildman–Crippen LogP) is 0.545. The number of ether oxygens (including phenoxy) is 1. The number of rotatable bonds is 1. The van der Waals surface area contributed by atoms with Gasteiger partial charge in [0, 0.05) is 6.61 Å². The Kier molecular flexibility index (Phi) is 2.58. The first kappa shape index (κ1) is 10.1. The lowest BCUT2D eigenvalue weighted by atomic mass is 10.3. The van der Waals surface area contributed by atoms with Crippen molar-refractivity contribution in [2.24, 2.45) is 0 Å². The molecule has 1 saturated heterocycles. The van der Waals surface area contributed by atoms with Crippen molar-refractivity contribution in [2.45, 2.75) is 19.4 Å². The standard InChI is InChI=1S/C9H13N5OS/c1-6-11-12-9-14(6)13-8(16-9)7-5-15-4-2-3-10-7/h7,10H,2-5H2,1H3. The van der Waals surface area contributed by atoms with E-state index in [0.717, 1.165) is 35.4 Å². The zero-order valence-electron chi connectivity index (χ0n) is 9.01. The minimum absolute atomic E-state index is 0.189. The van der Waals surface area contributed by atoms with Crippen LogP contribution in [0.1, 0.15) is 23.3 Å². The molecule has 16 heavy (non-hydrogen) atoms. The fraction of sp³-hybridized carbons (Fsp3) is 0.667. The summed E-state index contributed by atoms with van der Waals surface area (Å²) in [5.74, 6) is 0.826. The summed E-state index contributed by atoms with van der Waals surface area (Å²) in [5.41, 5.74) is 0. The van der Waals surface area contributed by atoms with Crippen molar-refractivity contribution in [1.82, 2.24) is 25.1 Å². The number of nitrogens with one attached hydrogen (secondary N) is 1. The first-order valence-electron chi connectivity index (χ1n) is 5.34. The second-order valence-electron chi connectivity index (χ2n) is 3.82. The molecule has 6 nitrogen and oxygen atoms in total. The maximum atomic E-state index is 5.52. The van der Waals surface area contributed by atoms with Gasteiger partial charge < -0.3 is 10.1 Å². The second-order valence-corrected chi connectivity index (χ2v) is 4.80. The van der Waals surface area contributed by atoms with Gasteiger partial charge in [-0.2, -0.15) is 9.61 Å². The molecule has 0 radical (unpaired) electrons. The average molecular weight is 239 g/mol. The zero-order valence-corrected chi connectivity index (χ0v) is 9.83. The van der Waals surface area contributed by atoms with Crippen molar-refractivity contribution >= 4 is 16.3 Å². The number of fused-ring (bicyclic) bond motifs is 1. The number of hydrogen-bond acceptors (Lipinski definition) is 6. The molecule has 86 valence electrons. The first-order valence-corrected chi connectivity index (χ1v) is 6.16. The fourth-order valence-corrected chi connectivity index (χ4v) is 2.68. The van der Waals surface area contributed by atoms with Crippen LogP contribution in [0.2, 0.25) is 0 Å². The van der Waals surface area contributed by atoms with Crippen LogP contribution >= 0.6 is 11.3 Å². The number of aromatic nitrogens is 4. The molecule has 7 heteroatoms. The normalized spacial score (nSPS) is 22.4. The molecule has 3 heterocycles. The van der Waals surface area contributed by atoms with E-state index in [2.05, 4.69) is 20.6 Å². The fourth-order valence-electron chi connectivity index (χ4n) is 1.74. The van der Waals surface area contributed by atoms with Crippen LogP contribution in [0.25, 0.3) is 4.96 Å². The van der Waals surface area contributed by atoms with Crippen molar-refractivity contribution < 1.29 is 4.74 Å². The minimum Gasteiger partial charge on any atom is -0.379 e. The summed E-state index contributed by atoms with van der Waals surface area (Å²) in [6.07, 6.45) is 1.06. The van der Waals surface area contributed by atoms with Gasteiger partial charge in [-0.3, -0.25) is 0 Å². The van der Waals surface area contributed by atoms with E-state index in [4.69, 9.17) is 4.74 Å². The molecule has 0 aromatic carbocycles. The maximum Gasteiger partial charge on any atom is 0.234 e. The minimum atomic E-state index is 0.189. The molecular weight excluding hydrogens is 226 g/mol. The van der Waals surface area contributed by atoms with Gasteiger partial charge >= 0.3 is 0 Å². The Hall–Kier alpha value is -1.05. The van der Waals surface area contributed by atoms with E-state index in [1.54, 1.807) is 15.9 Å². The Morgan fingerprint density at radius 2 is 2.44 bits per heavy atom. The highest BCUT2D eigenvalue weighted by atomic mass is 32.1. The Morgan fingerprint density at radius 3 is 3.31 bits per heavy atom. The Morgan fingerprint density at radius 1 is 1.50 bits per heavy atom. The molecule has 1 fully saturated rings. The number of hydrogen-bond donors (Lipinski definition) is 1. The lowest BCUT2D eigenvalue weighted by Crippen LogP contribution is -2.23. The van der Waals surface area contributed by atoms with Gasteiger partial charge in [-0.1, -0.05) is 11.3 Å². The predicted molar refractivity (Wildman–Crippen MR) is 59.6 cm³/mol. The van der Waals surface area contributed by atoms with E-state index in [9.17, 15) is 0 Å². The van der Waals surface area contributed by atoms with Gasteiger partial charge in [-0.05, 0) is 19.9 Å². The smallest absolute Gasteiger partial charge is 0.234 e. The van der Waals surface area contributed by atoms with E-state index < -0.39 is 0 Å². The Bertz CT molecular complexity index is 485. The quantitative estimate of drug-likeness (QED) is 0.787. The third kappa shape index (κ3) is 1.70. The van der Waals surface area contributed by atoms with Gasteiger partial charge in [0.25, 0.3) is 0 Å².